The SMILES string of the molecule is C=C(N(C)c1ccccc1)N(C)N(C)C. The van der Waals surface area contributed by atoms with E-state index in [0.29, 0.717) is 0 Å². The minimum atomic E-state index is 0.936. The lowest BCUT2D eigenvalue weighted by molar-refractivity contribution is 0.0962. The number of rotatable bonds is 4. The van der Waals surface area contributed by atoms with Gasteiger partial charge in [-0.05, 0) is 12.1 Å². The molecule has 0 heterocycles. The molecule has 0 saturated carbocycles. The molecule has 0 fully saturated rings. The number of para-hydroxylation sites is 1. The average Bonchev–Trinajstić information content (AvgIpc) is 2.27. The summed E-state index contributed by atoms with van der Waals surface area (Å²) in [6, 6.07) is 10.2. The van der Waals surface area contributed by atoms with Crippen molar-refractivity contribution in [1.82, 2.24) is 10.0 Å². The van der Waals surface area contributed by atoms with Crippen molar-refractivity contribution >= 4 is 5.69 Å². The van der Waals surface area contributed by atoms with Gasteiger partial charge >= 0.3 is 0 Å². The van der Waals surface area contributed by atoms with Crippen molar-refractivity contribution in [3.8, 4) is 0 Å². The van der Waals surface area contributed by atoms with Crippen LogP contribution in [-0.4, -0.2) is 38.2 Å². The number of benzene rings is 1. The van der Waals surface area contributed by atoms with Crippen LogP contribution in [-0.2, 0) is 0 Å². The molecule has 0 amide bonds. The van der Waals surface area contributed by atoms with E-state index in [1.165, 1.54) is 0 Å². The van der Waals surface area contributed by atoms with Crippen LogP contribution in [0.4, 0.5) is 5.69 Å². The summed E-state index contributed by atoms with van der Waals surface area (Å²) < 4.78 is 0. The summed E-state index contributed by atoms with van der Waals surface area (Å²) in [5.74, 6) is 0.936. The van der Waals surface area contributed by atoms with E-state index in [1.807, 2.05) is 56.4 Å². The molecule has 1 aromatic carbocycles. The molecule has 0 unspecified atom stereocenters. The van der Waals surface area contributed by atoms with Gasteiger partial charge in [0.1, 0.15) is 5.82 Å². The van der Waals surface area contributed by atoms with Gasteiger partial charge in [0.25, 0.3) is 0 Å². The highest BCUT2D eigenvalue weighted by Crippen LogP contribution is 2.17. The number of hydrazine groups is 1. The molecule has 0 saturated heterocycles. The molecule has 0 N–H and O–H groups in total. The molecule has 15 heavy (non-hydrogen) atoms. The third kappa shape index (κ3) is 2.73. The number of hydrogen-bond acceptors (Lipinski definition) is 3. The largest absolute Gasteiger partial charge is 0.331 e. The zero-order chi connectivity index (χ0) is 11.4. The van der Waals surface area contributed by atoms with E-state index >= 15 is 0 Å². The van der Waals surface area contributed by atoms with E-state index in [2.05, 4.69) is 23.6 Å². The Morgan fingerprint density at radius 2 is 1.53 bits per heavy atom. The summed E-state index contributed by atoms with van der Waals surface area (Å²) in [4.78, 5) is 2.06. The maximum absolute atomic E-state index is 4.06. The summed E-state index contributed by atoms with van der Waals surface area (Å²) >= 11 is 0. The quantitative estimate of drug-likeness (QED) is 0.696. The molecule has 0 bridgehead atoms. The van der Waals surface area contributed by atoms with Crippen molar-refractivity contribution in [3.63, 3.8) is 0 Å². The first-order chi connectivity index (χ1) is 7.04. The van der Waals surface area contributed by atoms with Crippen molar-refractivity contribution in [1.29, 1.82) is 0 Å². The summed E-state index contributed by atoms with van der Waals surface area (Å²) in [5, 5.41) is 3.98. The molecule has 0 aliphatic rings. The summed E-state index contributed by atoms with van der Waals surface area (Å²) in [6.07, 6.45) is 0. The third-order valence-corrected chi connectivity index (χ3v) is 2.50. The van der Waals surface area contributed by atoms with Crippen molar-refractivity contribution in [2.45, 2.75) is 0 Å². The highest BCUT2D eigenvalue weighted by atomic mass is 15.6. The van der Waals surface area contributed by atoms with Gasteiger partial charge in [-0.3, -0.25) is 5.01 Å². The Hall–Kier alpha value is -1.48. The van der Waals surface area contributed by atoms with Gasteiger partial charge in [-0.25, -0.2) is 5.01 Å². The highest BCUT2D eigenvalue weighted by Gasteiger charge is 2.10. The van der Waals surface area contributed by atoms with E-state index in [9.17, 15) is 0 Å². The molecule has 1 rings (SSSR count). The minimum absolute atomic E-state index is 0.936. The molecule has 0 aliphatic carbocycles. The Morgan fingerprint density at radius 1 is 1.00 bits per heavy atom. The first kappa shape index (κ1) is 11.6. The van der Waals surface area contributed by atoms with Gasteiger partial charge in [-0.1, -0.05) is 24.8 Å². The van der Waals surface area contributed by atoms with Crippen molar-refractivity contribution in [2.24, 2.45) is 0 Å². The second-order valence-electron chi connectivity index (χ2n) is 3.68. The van der Waals surface area contributed by atoms with Crippen LogP contribution in [0.2, 0.25) is 0 Å². The Morgan fingerprint density at radius 3 is 2.00 bits per heavy atom. The standard InChI is InChI=1S/C12H19N3/c1-11(15(5)13(2)3)14(4)12-9-7-6-8-10-12/h6-10H,1H2,2-5H3. The fourth-order valence-electron chi connectivity index (χ4n) is 1.25. The Kier molecular flexibility index (Phi) is 3.74. The predicted octanol–water partition coefficient (Wildman–Crippen LogP) is 2.00. The molecule has 0 atom stereocenters. The van der Waals surface area contributed by atoms with E-state index in [1.54, 1.807) is 0 Å². The van der Waals surface area contributed by atoms with Crippen LogP contribution in [0.25, 0.3) is 0 Å². The Balaban J connectivity index is 2.78. The van der Waals surface area contributed by atoms with Crippen LogP contribution >= 0.6 is 0 Å². The first-order valence-electron chi connectivity index (χ1n) is 4.92. The van der Waals surface area contributed by atoms with Gasteiger partial charge in [0.15, 0.2) is 0 Å². The van der Waals surface area contributed by atoms with Gasteiger partial charge in [0.05, 0.1) is 0 Å². The monoisotopic (exact) mass is 205 g/mol. The van der Waals surface area contributed by atoms with Gasteiger partial charge in [0.2, 0.25) is 0 Å². The molecule has 0 spiro atoms. The lowest BCUT2D eigenvalue weighted by Gasteiger charge is -2.34. The minimum Gasteiger partial charge on any atom is -0.331 e. The molecular formula is C12H19N3. The van der Waals surface area contributed by atoms with Crippen LogP contribution < -0.4 is 4.90 Å². The number of hydrogen-bond donors (Lipinski definition) is 0. The van der Waals surface area contributed by atoms with E-state index in [-0.39, 0.29) is 0 Å². The van der Waals surface area contributed by atoms with Gasteiger partial charge in [-0.2, -0.15) is 0 Å². The topological polar surface area (TPSA) is 9.72 Å². The summed E-state index contributed by atoms with van der Waals surface area (Å²) in [5.41, 5.74) is 1.14. The molecule has 3 nitrogen and oxygen atoms in total. The second-order valence-corrected chi connectivity index (χ2v) is 3.68. The second kappa shape index (κ2) is 4.84. The lowest BCUT2D eigenvalue weighted by atomic mass is 10.3. The fourth-order valence-corrected chi connectivity index (χ4v) is 1.25. The van der Waals surface area contributed by atoms with Gasteiger partial charge < -0.3 is 4.90 Å². The molecule has 0 radical (unpaired) electrons. The summed E-state index contributed by atoms with van der Waals surface area (Å²) in [7, 11) is 7.98. The van der Waals surface area contributed by atoms with E-state index < -0.39 is 0 Å². The zero-order valence-corrected chi connectivity index (χ0v) is 9.94. The maximum atomic E-state index is 4.06. The average molecular weight is 205 g/mol. The molecule has 0 aliphatic heterocycles. The van der Waals surface area contributed by atoms with E-state index in [4.69, 9.17) is 0 Å². The van der Waals surface area contributed by atoms with Crippen molar-refractivity contribution in [2.75, 3.05) is 33.1 Å². The van der Waals surface area contributed by atoms with Crippen molar-refractivity contribution in [3.05, 3.63) is 42.7 Å². The zero-order valence-electron chi connectivity index (χ0n) is 9.94. The summed E-state index contributed by atoms with van der Waals surface area (Å²) in [6.45, 7) is 4.06. The Labute approximate surface area is 92.2 Å². The van der Waals surface area contributed by atoms with Gasteiger partial charge in [-0.15, -0.1) is 0 Å². The highest BCUT2D eigenvalue weighted by molar-refractivity contribution is 5.49. The predicted molar refractivity (Wildman–Crippen MR) is 65.4 cm³/mol. The molecule has 1 aromatic rings. The Bertz CT molecular complexity index is 319. The molecule has 0 aromatic heterocycles. The first-order valence-corrected chi connectivity index (χ1v) is 4.92. The molecular weight excluding hydrogens is 186 g/mol. The molecule has 3 heteroatoms. The van der Waals surface area contributed by atoms with Crippen LogP contribution in [0.1, 0.15) is 0 Å². The molecule has 82 valence electrons. The smallest absolute Gasteiger partial charge is 0.115 e. The van der Waals surface area contributed by atoms with Crippen LogP contribution in [0, 0.1) is 0 Å². The normalized spacial score (nSPS) is 10.2. The van der Waals surface area contributed by atoms with Crippen molar-refractivity contribution < 1.29 is 0 Å². The third-order valence-electron chi connectivity index (χ3n) is 2.50. The lowest BCUT2D eigenvalue weighted by Crippen LogP contribution is -2.38. The van der Waals surface area contributed by atoms with Crippen LogP contribution in [0.5, 0.6) is 0 Å². The van der Waals surface area contributed by atoms with Crippen LogP contribution in [0.3, 0.4) is 0 Å². The number of anilines is 1. The maximum Gasteiger partial charge on any atom is 0.115 e. The number of nitrogens with zero attached hydrogens (tertiary/aromatic N) is 3. The van der Waals surface area contributed by atoms with E-state index in [0.717, 1.165) is 11.5 Å². The fraction of sp³-hybridized carbons (Fsp3) is 0.333. The van der Waals surface area contributed by atoms with Gasteiger partial charge in [0, 0.05) is 33.9 Å². The van der Waals surface area contributed by atoms with Crippen LogP contribution in [0.15, 0.2) is 42.7 Å².